The van der Waals surface area contributed by atoms with Crippen LogP contribution in [0.2, 0.25) is 5.02 Å². The first-order valence-corrected chi connectivity index (χ1v) is 12.3. The van der Waals surface area contributed by atoms with Crippen LogP contribution in [0, 0.1) is 18.6 Å². The number of hydrogen-bond donors (Lipinski definition) is 2. The minimum atomic E-state index is -4.62. The Morgan fingerprint density at radius 2 is 2.03 bits per heavy atom. The van der Waals surface area contributed by atoms with Crippen molar-refractivity contribution in [2.45, 2.75) is 37.4 Å². The van der Waals surface area contributed by atoms with E-state index in [1.807, 2.05) is 0 Å². The Labute approximate surface area is 195 Å². The predicted molar refractivity (Wildman–Crippen MR) is 121 cm³/mol. The number of aryl methyl sites for hydroxylation is 1. The summed E-state index contributed by atoms with van der Waals surface area (Å²) in [7, 11) is -3.01. The van der Waals surface area contributed by atoms with Crippen molar-refractivity contribution < 1.29 is 26.9 Å². The van der Waals surface area contributed by atoms with Gasteiger partial charge >= 0.3 is 6.18 Å². The molecule has 1 aliphatic heterocycles. The number of nitrogens with one attached hydrogen (secondary N) is 2. The van der Waals surface area contributed by atoms with Gasteiger partial charge in [0.2, 0.25) is 0 Å². The van der Waals surface area contributed by atoms with Crippen molar-refractivity contribution in [1.82, 2.24) is 4.98 Å². The molecule has 2 atom stereocenters. The predicted octanol–water partition coefficient (Wildman–Crippen LogP) is 4.80. The van der Waals surface area contributed by atoms with Crippen molar-refractivity contribution in [3.63, 3.8) is 0 Å². The second-order valence-electron chi connectivity index (χ2n) is 8.16. The van der Waals surface area contributed by atoms with Gasteiger partial charge in [0, 0.05) is 23.4 Å². The molecule has 7 nitrogen and oxygen atoms in total. The van der Waals surface area contributed by atoms with Crippen LogP contribution in [-0.4, -0.2) is 52.8 Å². The van der Waals surface area contributed by atoms with Gasteiger partial charge in [0.1, 0.15) is 5.82 Å². The van der Waals surface area contributed by atoms with Crippen molar-refractivity contribution in [2.24, 2.45) is 0 Å². The smallest absolute Gasteiger partial charge is 0.362 e. The third-order valence-electron chi connectivity index (χ3n) is 5.46. The molecule has 180 valence electrons. The average molecular weight is 505 g/mol. The number of hydrogen-bond acceptors (Lipinski definition) is 6. The molecule has 1 aromatic heterocycles. The van der Waals surface area contributed by atoms with E-state index < -0.39 is 34.0 Å². The number of ether oxygens (including phenoxy) is 1. The molecule has 0 saturated carbocycles. The van der Waals surface area contributed by atoms with Gasteiger partial charge in [-0.25, -0.2) is 14.0 Å². The van der Waals surface area contributed by atoms with E-state index >= 15 is 0 Å². The Morgan fingerprint density at radius 1 is 1.36 bits per heavy atom. The van der Waals surface area contributed by atoms with E-state index in [2.05, 4.69) is 10.3 Å². The number of amides is 1. The highest BCUT2D eigenvalue weighted by molar-refractivity contribution is 7.91. The van der Waals surface area contributed by atoms with Crippen LogP contribution in [0.1, 0.15) is 28.5 Å². The lowest BCUT2D eigenvalue weighted by atomic mass is 10.0. The van der Waals surface area contributed by atoms with Crippen molar-refractivity contribution in [3.05, 3.63) is 46.1 Å². The van der Waals surface area contributed by atoms with E-state index in [9.17, 15) is 22.2 Å². The number of benzene rings is 1. The van der Waals surface area contributed by atoms with Gasteiger partial charge in [-0.2, -0.15) is 13.2 Å². The molecule has 3 rings (SSSR count). The fourth-order valence-electron chi connectivity index (χ4n) is 3.55. The Balaban J connectivity index is 2.04. The Bertz CT molecular complexity index is 1200. The summed E-state index contributed by atoms with van der Waals surface area (Å²) in [6.07, 6.45) is -3.36. The number of carbonyl (C=O) groups excluding carboxylic acids is 1. The summed E-state index contributed by atoms with van der Waals surface area (Å²) in [4.78, 5) is 19.2. The summed E-state index contributed by atoms with van der Waals surface area (Å²) >= 11 is 6.33. The van der Waals surface area contributed by atoms with E-state index in [4.69, 9.17) is 21.1 Å². The number of halogens is 4. The maximum absolute atomic E-state index is 13.6. The quantitative estimate of drug-likeness (QED) is 0.623. The largest absolute Gasteiger partial charge is 0.418 e. The summed E-state index contributed by atoms with van der Waals surface area (Å²) in [5, 5.41) is 2.89. The summed E-state index contributed by atoms with van der Waals surface area (Å²) in [5.41, 5.74) is -1.36. The van der Waals surface area contributed by atoms with E-state index in [-0.39, 0.29) is 40.1 Å². The third kappa shape index (κ3) is 5.10. The van der Waals surface area contributed by atoms with Gasteiger partial charge in [-0.3, -0.25) is 4.79 Å². The van der Waals surface area contributed by atoms with Gasteiger partial charge in [0.15, 0.2) is 5.60 Å². The number of rotatable bonds is 4. The molecule has 2 aromatic rings. The second kappa shape index (κ2) is 8.77. The zero-order valence-electron chi connectivity index (χ0n) is 18.5. The number of carbonyl (C=O) groups is 1. The van der Waals surface area contributed by atoms with E-state index in [0.717, 1.165) is 6.92 Å². The molecule has 0 spiro atoms. The van der Waals surface area contributed by atoms with Crippen LogP contribution in [0.25, 0.3) is 0 Å². The molecule has 12 heteroatoms. The molecule has 0 bridgehead atoms. The van der Waals surface area contributed by atoms with E-state index in [1.54, 1.807) is 26.0 Å². The Morgan fingerprint density at radius 3 is 2.64 bits per heavy atom. The lowest BCUT2D eigenvalue weighted by Gasteiger charge is -2.42. The van der Waals surface area contributed by atoms with Crippen molar-refractivity contribution in [1.29, 1.82) is 4.78 Å². The lowest BCUT2D eigenvalue weighted by molar-refractivity contribution is -0.272. The number of anilines is 2. The highest BCUT2D eigenvalue weighted by atomic mass is 35.5. The fourth-order valence-corrected chi connectivity index (χ4v) is 4.37. The first kappa shape index (κ1) is 25.3. The topological polar surface area (TPSA) is 95.4 Å². The second-order valence-corrected chi connectivity index (χ2v) is 10.7. The molecule has 2 heterocycles. The van der Waals surface area contributed by atoms with Crippen LogP contribution in [0.3, 0.4) is 0 Å². The minimum Gasteiger partial charge on any atom is -0.362 e. The standard InChI is InChI=1S/C21H24ClF3N4O3S/c1-12-16(19(30)28-14-6-5-7-15(10-14)33(4,26)31)18(27-13(2)17(12)22)29-8-9-32-20(3,11-29)21(23,24)25/h5-7,10,26H,8-9,11H2,1-4H3,(H,28,30). The van der Waals surface area contributed by atoms with Crippen LogP contribution in [0.15, 0.2) is 29.2 Å². The Kier molecular flexibility index (Phi) is 6.71. The average Bonchev–Trinajstić information content (AvgIpc) is 2.70. The number of morpholine rings is 1. The van der Waals surface area contributed by atoms with Gasteiger partial charge in [-0.15, -0.1) is 0 Å². The molecule has 1 amide bonds. The maximum Gasteiger partial charge on any atom is 0.418 e. The zero-order chi connectivity index (χ0) is 24.8. The summed E-state index contributed by atoms with van der Waals surface area (Å²) < 4.78 is 65.6. The molecule has 2 N–H and O–H groups in total. The number of nitrogens with zero attached hydrogens (tertiary/aromatic N) is 2. The third-order valence-corrected chi connectivity index (χ3v) is 7.17. The van der Waals surface area contributed by atoms with E-state index in [1.165, 1.54) is 23.3 Å². The normalized spacial score (nSPS) is 20.9. The molecule has 33 heavy (non-hydrogen) atoms. The molecule has 0 aliphatic carbocycles. The lowest BCUT2D eigenvalue weighted by Crippen LogP contribution is -2.58. The van der Waals surface area contributed by atoms with Crippen LogP contribution in [0.5, 0.6) is 0 Å². The summed E-state index contributed by atoms with van der Waals surface area (Å²) in [5.74, 6) is -0.566. The summed E-state index contributed by atoms with van der Waals surface area (Å²) in [6, 6.07) is 6.03. The first-order valence-electron chi connectivity index (χ1n) is 9.91. The van der Waals surface area contributed by atoms with Crippen LogP contribution in [0.4, 0.5) is 24.7 Å². The van der Waals surface area contributed by atoms with E-state index in [0.29, 0.717) is 11.3 Å². The molecule has 1 aromatic carbocycles. The molecule has 1 saturated heterocycles. The fraction of sp³-hybridized carbons (Fsp3) is 0.429. The molecule has 2 unspecified atom stereocenters. The van der Waals surface area contributed by atoms with Crippen molar-refractivity contribution >= 4 is 38.7 Å². The molecule has 1 aliphatic rings. The van der Waals surface area contributed by atoms with Gasteiger partial charge in [-0.1, -0.05) is 17.7 Å². The maximum atomic E-state index is 13.6. The summed E-state index contributed by atoms with van der Waals surface area (Å²) in [6.45, 7) is 3.53. The first-order chi connectivity index (χ1) is 15.1. The van der Waals surface area contributed by atoms with Gasteiger partial charge in [0.25, 0.3) is 5.91 Å². The molecule has 0 radical (unpaired) electrons. The highest BCUT2D eigenvalue weighted by Gasteiger charge is 2.55. The number of alkyl halides is 3. The molecular weight excluding hydrogens is 481 g/mol. The van der Waals surface area contributed by atoms with Crippen molar-refractivity contribution in [2.75, 3.05) is 36.2 Å². The van der Waals surface area contributed by atoms with Crippen LogP contribution in [-0.2, 0) is 14.5 Å². The molecular formula is C21H24ClF3N4O3S. The van der Waals surface area contributed by atoms with Gasteiger partial charge < -0.3 is 15.0 Å². The SMILES string of the molecule is Cc1nc(N2CCOC(C)(C(F)(F)F)C2)c(C(=O)Nc2cccc(S(C)(=N)=O)c2)c(C)c1Cl. The monoisotopic (exact) mass is 504 g/mol. The zero-order valence-corrected chi connectivity index (χ0v) is 20.0. The highest BCUT2D eigenvalue weighted by Crippen LogP contribution is 2.39. The van der Waals surface area contributed by atoms with Crippen molar-refractivity contribution in [3.8, 4) is 0 Å². The number of pyridine rings is 1. The van der Waals surface area contributed by atoms with Crippen LogP contribution < -0.4 is 10.2 Å². The number of aromatic nitrogens is 1. The van der Waals surface area contributed by atoms with Crippen LogP contribution >= 0.6 is 11.6 Å². The van der Waals surface area contributed by atoms with Gasteiger partial charge in [0.05, 0.1) is 39.2 Å². The molecule has 1 fully saturated rings. The Hall–Kier alpha value is -2.37. The minimum absolute atomic E-state index is 0.0329. The van der Waals surface area contributed by atoms with Gasteiger partial charge in [-0.05, 0) is 44.5 Å².